The first-order chi connectivity index (χ1) is 12.6. The van der Waals surface area contributed by atoms with Crippen molar-refractivity contribution < 1.29 is 19.0 Å². The number of nitrogens with zero attached hydrogens (tertiary/aromatic N) is 1. The summed E-state index contributed by atoms with van der Waals surface area (Å²) >= 11 is 1.43. The van der Waals surface area contributed by atoms with Crippen molar-refractivity contribution in [1.82, 2.24) is 4.98 Å². The molecular formula is C19H16N2O4S. The van der Waals surface area contributed by atoms with Gasteiger partial charge in [0.1, 0.15) is 5.75 Å². The number of anilines is 1. The Bertz CT molecular complexity index is 983. The Kier molecular flexibility index (Phi) is 4.22. The lowest BCUT2D eigenvalue weighted by atomic mass is 10.1. The minimum Gasteiger partial charge on any atom is -0.497 e. The average Bonchev–Trinajstić information content (AvgIpc) is 3.27. The fourth-order valence-electron chi connectivity index (χ4n) is 2.70. The van der Waals surface area contributed by atoms with Crippen LogP contribution in [0.5, 0.6) is 17.2 Å². The fraction of sp³-hybridized carbons (Fsp3) is 0.158. The van der Waals surface area contributed by atoms with Crippen LogP contribution in [0.25, 0.3) is 11.3 Å². The number of ether oxygens (including phenoxy) is 3. The third-order valence-corrected chi connectivity index (χ3v) is 4.88. The second-order valence-corrected chi connectivity index (χ2v) is 6.88. The molecular weight excluding hydrogens is 352 g/mol. The molecule has 0 saturated carbocycles. The van der Waals surface area contributed by atoms with Gasteiger partial charge in [-0.2, -0.15) is 0 Å². The minimum atomic E-state index is -0.227. The molecule has 0 unspecified atom stereocenters. The molecule has 7 heteroatoms. The van der Waals surface area contributed by atoms with E-state index in [0.717, 1.165) is 21.9 Å². The van der Waals surface area contributed by atoms with E-state index in [2.05, 4.69) is 10.3 Å². The van der Waals surface area contributed by atoms with Gasteiger partial charge in [0.2, 0.25) is 6.79 Å². The van der Waals surface area contributed by atoms with Gasteiger partial charge in [-0.15, -0.1) is 11.3 Å². The van der Waals surface area contributed by atoms with E-state index in [9.17, 15) is 4.79 Å². The van der Waals surface area contributed by atoms with Crippen LogP contribution in [0.2, 0.25) is 0 Å². The standard InChI is InChI=1S/C19H16N2O4S/c1-11-17(12-6-7-15-16(9-12)25-10-24-15)20-19(26-11)21-18(22)13-4-3-5-14(8-13)23-2/h3-9H,10H2,1-2H3,(H,20,21,22). The van der Waals surface area contributed by atoms with Crippen LogP contribution in [0.1, 0.15) is 15.2 Å². The van der Waals surface area contributed by atoms with Crippen molar-refractivity contribution in [3.63, 3.8) is 0 Å². The Morgan fingerprint density at radius 1 is 1.19 bits per heavy atom. The summed E-state index contributed by atoms with van der Waals surface area (Å²) in [4.78, 5) is 18.0. The van der Waals surface area contributed by atoms with Crippen molar-refractivity contribution in [2.75, 3.05) is 19.2 Å². The van der Waals surface area contributed by atoms with Gasteiger partial charge in [0.15, 0.2) is 16.6 Å². The van der Waals surface area contributed by atoms with E-state index in [1.54, 1.807) is 31.4 Å². The first-order valence-electron chi connectivity index (χ1n) is 7.97. The number of carbonyl (C=O) groups is 1. The summed E-state index contributed by atoms with van der Waals surface area (Å²) in [7, 11) is 1.57. The van der Waals surface area contributed by atoms with Crippen LogP contribution < -0.4 is 19.5 Å². The number of benzene rings is 2. The Morgan fingerprint density at radius 2 is 2.04 bits per heavy atom. The molecule has 1 aliphatic rings. The fourth-order valence-corrected chi connectivity index (χ4v) is 3.53. The smallest absolute Gasteiger partial charge is 0.257 e. The minimum absolute atomic E-state index is 0.227. The first-order valence-corrected chi connectivity index (χ1v) is 8.78. The lowest BCUT2D eigenvalue weighted by Gasteiger charge is -2.04. The maximum Gasteiger partial charge on any atom is 0.257 e. The summed E-state index contributed by atoms with van der Waals surface area (Å²) in [5, 5.41) is 3.39. The summed E-state index contributed by atoms with van der Waals surface area (Å²) < 4.78 is 15.9. The molecule has 26 heavy (non-hydrogen) atoms. The number of hydrogen-bond donors (Lipinski definition) is 1. The highest BCUT2D eigenvalue weighted by molar-refractivity contribution is 7.16. The van der Waals surface area contributed by atoms with Crippen molar-refractivity contribution in [3.05, 3.63) is 52.9 Å². The molecule has 3 aromatic rings. The highest BCUT2D eigenvalue weighted by Crippen LogP contribution is 2.38. The molecule has 132 valence electrons. The number of carbonyl (C=O) groups excluding carboxylic acids is 1. The third-order valence-electron chi connectivity index (χ3n) is 3.99. The Balaban J connectivity index is 1.57. The first kappa shape index (κ1) is 16.4. The molecule has 1 aromatic heterocycles. The maximum atomic E-state index is 12.5. The molecule has 2 aromatic carbocycles. The summed E-state index contributed by atoms with van der Waals surface area (Å²) in [5.41, 5.74) is 2.25. The Labute approximate surface area is 154 Å². The van der Waals surface area contributed by atoms with Gasteiger partial charge < -0.3 is 14.2 Å². The summed E-state index contributed by atoms with van der Waals surface area (Å²) in [6.45, 7) is 2.20. The predicted octanol–water partition coefficient (Wildman–Crippen LogP) is 4.11. The maximum absolute atomic E-state index is 12.5. The molecule has 0 radical (unpaired) electrons. The molecule has 6 nitrogen and oxygen atoms in total. The van der Waals surface area contributed by atoms with Gasteiger partial charge in [0, 0.05) is 16.0 Å². The molecule has 0 saturated heterocycles. The molecule has 1 aliphatic heterocycles. The number of aryl methyl sites for hydroxylation is 1. The zero-order valence-electron chi connectivity index (χ0n) is 14.2. The Morgan fingerprint density at radius 3 is 2.88 bits per heavy atom. The molecule has 1 amide bonds. The normalized spacial score (nSPS) is 12.1. The highest BCUT2D eigenvalue weighted by Gasteiger charge is 2.18. The van der Waals surface area contributed by atoms with Crippen LogP contribution in [0, 0.1) is 6.92 Å². The van der Waals surface area contributed by atoms with Gasteiger partial charge >= 0.3 is 0 Å². The summed E-state index contributed by atoms with van der Waals surface area (Å²) in [6, 6.07) is 12.7. The van der Waals surface area contributed by atoms with E-state index in [-0.39, 0.29) is 12.7 Å². The van der Waals surface area contributed by atoms with Crippen LogP contribution in [0.3, 0.4) is 0 Å². The van der Waals surface area contributed by atoms with Crippen LogP contribution in [0.4, 0.5) is 5.13 Å². The van der Waals surface area contributed by atoms with Crippen molar-refractivity contribution in [3.8, 4) is 28.5 Å². The van der Waals surface area contributed by atoms with Crippen LogP contribution in [0.15, 0.2) is 42.5 Å². The number of thiazole rings is 1. The van der Waals surface area contributed by atoms with Crippen LogP contribution in [-0.4, -0.2) is 24.8 Å². The summed E-state index contributed by atoms with van der Waals surface area (Å²) in [6.07, 6.45) is 0. The van der Waals surface area contributed by atoms with E-state index in [1.165, 1.54) is 11.3 Å². The van der Waals surface area contributed by atoms with Gasteiger partial charge in [-0.3, -0.25) is 10.1 Å². The van der Waals surface area contributed by atoms with E-state index in [1.807, 2.05) is 25.1 Å². The van der Waals surface area contributed by atoms with Gasteiger partial charge in [0.25, 0.3) is 5.91 Å². The van der Waals surface area contributed by atoms with Crippen molar-refractivity contribution in [2.24, 2.45) is 0 Å². The lowest BCUT2D eigenvalue weighted by Crippen LogP contribution is -2.11. The van der Waals surface area contributed by atoms with Crippen molar-refractivity contribution in [1.29, 1.82) is 0 Å². The van der Waals surface area contributed by atoms with Crippen molar-refractivity contribution >= 4 is 22.4 Å². The lowest BCUT2D eigenvalue weighted by molar-refractivity contribution is 0.102. The topological polar surface area (TPSA) is 69.7 Å². The number of methoxy groups -OCH3 is 1. The Hall–Kier alpha value is -3.06. The highest BCUT2D eigenvalue weighted by atomic mass is 32.1. The second kappa shape index (κ2) is 6.68. The van der Waals surface area contributed by atoms with Gasteiger partial charge in [-0.25, -0.2) is 4.98 Å². The van der Waals surface area contributed by atoms with Gasteiger partial charge in [0.05, 0.1) is 12.8 Å². The number of fused-ring (bicyclic) bond motifs is 1. The molecule has 0 bridgehead atoms. The molecule has 0 aliphatic carbocycles. The zero-order chi connectivity index (χ0) is 18.1. The summed E-state index contributed by atoms with van der Waals surface area (Å²) in [5.74, 6) is 1.84. The van der Waals surface area contributed by atoms with Gasteiger partial charge in [-0.05, 0) is 43.3 Å². The number of hydrogen-bond acceptors (Lipinski definition) is 6. The molecule has 4 rings (SSSR count). The van der Waals surface area contributed by atoms with E-state index in [4.69, 9.17) is 14.2 Å². The number of rotatable bonds is 4. The van der Waals surface area contributed by atoms with Crippen molar-refractivity contribution in [2.45, 2.75) is 6.92 Å². The molecule has 0 spiro atoms. The second-order valence-electron chi connectivity index (χ2n) is 5.68. The largest absolute Gasteiger partial charge is 0.497 e. The predicted molar refractivity (Wildman–Crippen MR) is 99.4 cm³/mol. The van der Waals surface area contributed by atoms with E-state index >= 15 is 0 Å². The monoisotopic (exact) mass is 368 g/mol. The SMILES string of the molecule is COc1cccc(C(=O)Nc2nc(-c3ccc4c(c3)OCO4)c(C)s2)c1. The average molecular weight is 368 g/mol. The molecule has 0 fully saturated rings. The van der Waals surface area contributed by atoms with E-state index in [0.29, 0.717) is 22.2 Å². The van der Waals surface area contributed by atoms with Crippen LogP contribution >= 0.6 is 11.3 Å². The number of aromatic nitrogens is 1. The number of nitrogens with one attached hydrogen (secondary N) is 1. The molecule has 1 N–H and O–H groups in total. The van der Waals surface area contributed by atoms with Gasteiger partial charge in [-0.1, -0.05) is 6.07 Å². The number of amides is 1. The molecule has 0 atom stereocenters. The molecule has 2 heterocycles. The quantitative estimate of drug-likeness (QED) is 0.750. The zero-order valence-corrected chi connectivity index (χ0v) is 15.1. The van der Waals surface area contributed by atoms with E-state index < -0.39 is 0 Å². The third kappa shape index (κ3) is 3.09. The van der Waals surface area contributed by atoms with Crippen LogP contribution in [-0.2, 0) is 0 Å².